The highest BCUT2D eigenvalue weighted by molar-refractivity contribution is 4.96. The van der Waals surface area contributed by atoms with Crippen molar-refractivity contribution in [1.82, 2.24) is 4.90 Å². The predicted octanol–water partition coefficient (Wildman–Crippen LogP) is 1.36. The van der Waals surface area contributed by atoms with Crippen LogP contribution in [0.25, 0.3) is 0 Å². The molecule has 0 aromatic rings. The Bertz CT molecular complexity index is 171. The van der Waals surface area contributed by atoms with E-state index >= 15 is 0 Å². The fraction of sp³-hybridized carbons (Fsp3) is 1.00. The zero-order valence-electron chi connectivity index (χ0n) is 7.69. The van der Waals surface area contributed by atoms with Gasteiger partial charge in [-0.15, -0.1) is 0 Å². The summed E-state index contributed by atoms with van der Waals surface area (Å²) in [6, 6.07) is 0. The average molecular weight is 196 g/mol. The predicted molar refractivity (Wildman–Crippen MR) is 44.3 cm³/mol. The molecule has 1 fully saturated rings. The summed E-state index contributed by atoms with van der Waals surface area (Å²) in [5.74, 6) is 0. The first-order valence-corrected chi connectivity index (χ1v) is 4.47. The SMILES string of the molecule is CCN1CCC(N)(C(F)(F)F)CC1. The Morgan fingerprint density at radius 1 is 1.31 bits per heavy atom. The van der Waals surface area contributed by atoms with Crippen LogP contribution in [0.1, 0.15) is 19.8 Å². The average Bonchev–Trinajstić information content (AvgIpc) is 2.04. The molecule has 5 heteroatoms. The summed E-state index contributed by atoms with van der Waals surface area (Å²) in [4.78, 5) is 1.98. The molecule has 0 aromatic heterocycles. The molecule has 0 radical (unpaired) electrons. The lowest BCUT2D eigenvalue weighted by atomic mass is 9.88. The first-order valence-electron chi connectivity index (χ1n) is 4.47. The number of rotatable bonds is 1. The van der Waals surface area contributed by atoms with Crippen LogP contribution in [0.2, 0.25) is 0 Å². The van der Waals surface area contributed by atoms with E-state index in [0.717, 1.165) is 6.54 Å². The van der Waals surface area contributed by atoms with Crippen LogP contribution in [0.15, 0.2) is 0 Å². The Hall–Kier alpha value is -0.290. The minimum Gasteiger partial charge on any atom is -0.318 e. The zero-order valence-corrected chi connectivity index (χ0v) is 7.69. The Labute approximate surface area is 75.9 Å². The van der Waals surface area contributed by atoms with E-state index in [0.29, 0.717) is 13.1 Å². The van der Waals surface area contributed by atoms with Crippen LogP contribution in [0.3, 0.4) is 0 Å². The molecule has 0 amide bonds. The van der Waals surface area contributed by atoms with E-state index in [1.807, 2.05) is 11.8 Å². The number of nitrogens with zero attached hydrogens (tertiary/aromatic N) is 1. The molecule has 0 bridgehead atoms. The molecular formula is C8H15F3N2. The molecule has 2 nitrogen and oxygen atoms in total. The molecule has 1 rings (SSSR count). The molecule has 0 atom stereocenters. The van der Waals surface area contributed by atoms with E-state index in [-0.39, 0.29) is 12.8 Å². The lowest BCUT2D eigenvalue weighted by Gasteiger charge is -2.39. The Morgan fingerprint density at radius 3 is 2.08 bits per heavy atom. The molecule has 1 aliphatic rings. The van der Waals surface area contributed by atoms with Crippen molar-refractivity contribution in [1.29, 1.82) is 0 Å². The van der Waals surface area contributed by atoms with Crippen LogP contribution in [0.4, 0.5) is 13.2 Å². The number of nitrogens with two attached hydrogens (primary N) is 1. The molecule has 0 unspecified atom stereocenters. The molecule has 13 heavy (non-hydrogen) atoms. The van der Waals surface area contributed by atoms with Gasteiger partial charge in [-0.25, -0.2) is 0 Å². The van der Waals surface area contributed by atoms with Crippen LogP contribution < -0.4 is 5.73 Å². The second kappa shape index (κ2) is 3.46. The number of piperidine rings is 1. The molecule has 1 saturated heterocycles. The Balaban J connectivity index is 2.57. The van der Waals surface area contributed by atoms with E-state index in [1.165, 1.54) is 0 Å². The van der Waals surface area contributed by atoms with Gasteiger partial charge in [-0.2, -0.15) is 13.2 Å². The third kappa shape index (κ3) is 2.14. The van der Waals surface area contributed by atoms with Gasteiger partial charge in [0.2, 0.25) is 0 Å². The van der Waals surface area contributed by atoms with Crippen molar-refractivity contribution in [3.05, 3.63) is 0 Å². The number of alkyl halides is 3. The van der Waals surface area contributed by atoms with Crippen LogP contribution in [0, 0.1) is 0 Å². The van der Waals surface area contributed by atoms with Gasteiger partial charge < -0.3 is 10.6 Å². The summed E-state index contributed by atoms with van der Waals surface area (Å²) in [7, 11) is 0. The van der Waals surface area contributed by atoms with E-state index in [9.17, 15) is 13.2 Å². The smallest absolute Gasteiger partial charge is 0.318 e. The maximum atomic E-state index is 12.4. The largest absolute Gasteiger partial charge is 0.406 e. The van der Waals surface area contributed by atoms with Crippen molar-refractivity contribution >= 4 is 0 Å². The highest BCUT2D eigenvalue weighted by atomic mass is 19.4. The summed E-state index contributed by atoms with van der Waals surface area (Å²) in [5.41, 5.74) is 3.36. The summed E-state index contributed by atoms with van der Waals surface area (Å²) < 4.78 is 37.2. The first kappa shape index (κ1) is 10.8. The number of halogens is 3. The minimum absolute atomic E-state index is 0.0182. The highest BCUT2D eigenvalue weighted by Crippen LogP contribution is 2.36. The van der Waals surface area contributed by atoms with Gasteiger partial charge in [-0.1, -0.05) is 6.92 Å². The van der Waals surface area contributed by atoms with Gasteiger partial charge in [-0.05, 0) is 19.4 Å². The highest BCUT2D eigenvalue weighted by Gasteiger charge is 2.52. The summed E-state index contributed by atoms with van der Waals surface area (Å²) in [6.45, 7) is 3.64. The van der Waals surface area contributed by atoms with Crippen molar-refractivity contribution in [2.75, 3.05) is 19.6 Å². The number of hydrogen-bond acceptors (Lipinski definition) is 2. The van der Waals surface area contributed by atoms with E-state index < -0.39 is 11.7 Å². The van der Waals surface area contributed by atoms with Crippen molar-refractivity contribution in [3.63, 3.8) is 0 Å². The molecule has 1 aliphatic heterocycles. The normalized spacial score (nSPS) is 24.7. The van der Waals surface area contributed by atoms with Gasteiger partial charge in [0.25, 0.3) is 0 Å². The van der Waals surface area contributed by atoms with Crippen LogP contribution in [0.5, 0.6) is 0 Å². The number of likely N-dealkylation sites (tertiary alicyclic amines) is 1. The fourth-order valence-electron chi connectivity index (χ4n) is 1.55. The summed E-state index contributed by atoms with van der Waals surface area (Å²) >= 11 is 0. The first-order chi connectivity index (χ1) is 5.89. The molecular weight excluding hydrogens is 181 g/mol. The van der Waals surface area contributed by atoms with Gasteiger partial charge in [0.1, 0.15) is 5.54 Å². The Kier molecular flexibility index (Phi) is 2.87. The summed E-state index contributed by atoms with van der Waals surface area (Å²) in [6.07, 6.45) is -4.22. The maximum absolute atomic E-state index is 12.4. The molecule has 0 aromatic carbocycles. The van der Waals surface area contributed by atoms with Gasteiger partial charge in [0.05, 0.1) is 0 Å². The van der Waals surface area contributed by atoms with E-state index in [2.05, 4.69) is 0 Å². The van der Waals surface area contributed by atoms with Crippen LogP contribution in [-0.4, -0.2) is 36.2 Å². The minimum atomic E-state index is -4.26. The third-order valence-corrected chi connectivity index (χ3v) is 2.76. The van der Waals surface area contributed by atoms with Gasteiger partial charge in [0, 0.05) is 13.1 Å². The monoisotopic (exact) mass is 196 g/mol. The van der Waals surface area contributed by atoms with Gasteiger partial charge in [0.15, 0.2) is 0 Å². The van der Waals surface area contributed by atoms with E-state index in [4.69, 9.17) is 5.73 Å². The quantitative estimate of drug-likeness (QED) is 0.686. The van der Waals surface area contributed by atoms with Crippen LogP contribution in [-0.2, 0) is 0 Å². The van der Waals surface area contributed by atoms with Crippen molar-refractivity contribution < 1.29 is 13.2 Å². The van der Waals surface area contributed by atoms with Gasteiger partial charge in [-0.3, -0.25) is 0 Å². The topological polar surface area (TPSA) is 29.3 Å². The molecule has 1 heterocycles. The number of hydrogen-bond donors (Lipinski definition) is 1. The third-order valence-electron chi connectivity index (χ3n) is 2.76. The second-order valence-electron chi connectivity index (χ2n) is 3.59. The standard InChI is InChI=1S/C8H15F3N2/c1-2-13-5-3-7(12,4-6-13)8(9,10)11/h2-6,12H2,1H3. The fourth-order valence-corrected chi connectivity index (χ4v) is 1.55. The molecule has 0 aliphatic carbocycles. The van der Waals surface area contributed by atoms with Gasteiger partial charge >= 0.3 is 6.18 Å². The van der Waals surface area contributed by atoms with Crippen LogP contribution >= 0.6 is 0 Å². The zero-order chi connectivity index (χ0) is 10.1. The lowest BCUT2D eigenvalue weighted by molar-refractivity contribution is -0.197. The van der Waals surface area contributed by atoms with Crippen molar-refractivity contribution in [2.45, 2.75) is 31.5 Å². The lowest BCUT2D eigenvalue weighted by Crippen LogP contribution is -2.59. The molecule has 0 saturated carbocycles. The molecule has 0 spiro atoms. The molecule has 2 N–H and O–H groups in total. The van der Waals surface area contributed by atoms with Crippen molar-refractivity contribution in [2.24, 2.45) is 5.73 Å². The Morgan fingerprint density at radius 2 is 1.77 bits per heavy atom. The summed E-state index contributed by atoms with van der Waals surface area (Å²) in [5, 5.41) is 0. The molecule has 78 valence electrons. The van der Waals surface area contributed by atoms with E-state index in [1.54, 1.807) is 0 Å². The second-order valence-corrected chi connectivity index (χ2v) is 3.59. The maximum Gasteiger partial charge on any atom is 0.406 e. The van der Waals surface area contributed by atoms with Crippen molar-refractivity contribution in [3.8, 4) is 0 Å².